The third-order valence-electron chi connectivity index (χ3n) is 3.93. The van der Waals surface area contributed by atoms with E-state index in [1.807, 2.05) is 0 Å². The largest absolute Gasteiger partial charge is 0.337 e. The van der Waals surface area contributed by atoms with Crippen molar-refractivity contribution in [2.75, 3.05) is 0 Å². The number of H-pyrrole nitrogens is 1. The standard InChI is InChI=1S/C15H11Cl2F2N7S/c1-8-23-26(7-10-11(16)3-2-4-12(10)17)13-5-9(6-20-27(8)13)15(18,19)14-21-24-25-22-14/h2-6H,7H2,1H3,(H,21,22,24,25). The molecule has 7 nitrogen and oxygen atoms in total. The predicted molar refractivity (Wildman–Crippen MR) is 102 cm³/mol. The van der Waals surface area contributed by atoms with E-state index in [0.29, 0.717) is 25.6 Å². The highest BCUT2D eigenvalue weighted by Crippen LogP contribution is 2.39. The monoisotopic (exact) mass is 429 g/mol. The van der Waals surface area contributed by atoms with E-state index in [0.717, 1.165) is 6.21 Å². The van der Waals surface area contributed by atoms with Gasteiger partial charge < -0.3 is 0 Å². The van der Waals surface area contributed by atoms with E-state index in [4.69, 9.17) is 23.2 Å². The van der Waals surface area contributed by atoms with Gasteiger partial charge in [-0.2, -0.15) is 19.1 Å². The first-order chi connectivity index (χ1) is 12.9. The molecule has 0 saturated carbocycles. The Morgan fingerprint density at radius 1 is 1.26 bits per heavy atom. The van der Waals surface area contributed by atoms with Crippen LogP contribution in [-0.2, 0) is 12.5 Å². The molecule has 2 aliphatic rings. The smallest absolute Gasteiger partial charge is 0.252 e. The lowest BCUT2D eigenvalue weighted by Crippen LogP contribution is -2.26. The van der Waals surface area contributed by atoms with Crippen molar-refractivity contribution in [3.8, 4) is 0 Å². The molecule has 0 radical (unpaired) electrons. The van der Waals surface area contributed by atoms with E-state index in [1.165, 1.54) is 6.08 Å². The third-order valence-corrected chi connectivity index (χ3v) is 6.32. The summed E-state index contributed by atoms with van der Waals surface area (Å²) < 4.78 is 33.6. The third kappa shape index (κ3) is 3.17. The maximum atomic E-state index is 14.7. The van der Waals surface area contributed by atoms with Crippen molar-refractivity contribution in [3.05, 3.63) is 51.3 Å². The summed E-state index contributed by atoms with van der Waals surface area (Å²) in [5, 5.41) is 19.7. The van der Waals surface area contributed by atoms with Crippen molar-refractivity contribution in [2.45, 2.75) is 19.4 Å². The highest BCUT2D eigenvalue weighted by molar-refractivity contribution is 8.28. The number of tetrazole rings is 1. The van der Waals surface area contributed by atoms with Gasteiger partial charge in [0.15, 0.2) is 0 Å². The van der Waals surface area contributed by atoms with Crippen molar-refractivity contribution in [3.63, 3.8) is 0 Å². The molecule has 1 N–H and O–H groups in total. The van der Waals surface area contributed by atoms with Crippen LogP contribution in [0.1, 0.15) is 18.3 Å². The second-order valence-electron chi connectivity index (χ2n) is 5.64. The quantitative estimate of drug-likeness (QED) is 0.749. The number of nitrogens with one attached hydrogen (secondary N) is 1. The average molecular weight is 430 g/mol. The van der Waals surface area contributed by atoms with Crippen LogP contribution in [-0.4, -0.2) is 41.9 Å². The molecule has 1 atom stereocenters. The SMILES string of the molecule is CC1=NN(Cc2c(Cl)cccc2Cl)C2=S1N=CC(C(F)(F)c1nn[nH]n1)=C2. The van der Waals surface area contributed by atoms with Gasteiger partial charge in [-0.15, -0.1) is 10.2 Å². The van der Waals surface area contributed by atoms with Crippen LogP contribution in [0.4, 0.5) is 8.78 Å². The lowest BCUT2D eigenvalue weighted by molar-refractivity contribution is 0.0353. The molecule has 140 valence electrons. The Hall–Kier alpha value is -2.17. The van der Waals surface area contributed by atoms with Gasteiger partial charge >= 0.3 is 5.92 Å². The Kier molecular flexibility index (Phi) is 4.57. The van der Waals surface area contributed by atoms with E-state index < -0.39 is 22.4 Å². The van der Waals surface area contributed by atoms with Crippen molar-refractivity contribution in [2.24, 2.45) is 9.50 Å². The molecule has 4 rings (SSSR count). The molecule has 0 saturated heterocycles. The summed E-state index contributed by atoms with van der Waals surface area (Å²) in [5.41, 5.74) is 0.313. The number of halogens is 4. The minimum Gasteiger partial charge on any atom is -0.252 e. The number of allylic oxidation sites excluding steroid dienone is 1. The Bertz CT molecular complexity index is 1010. The average Bonchev–Trinajstić information content (AvgIpc) is 3.27. The first-order valence-corrected chi connectivity index (χ1v) is 9.56. The van der Waals surface area contributed by atoms with E-state index in [-0.39, 0.29) is 12.1 Å². The van der Waals surface area contributed by atoms with Crippen LogP contribution in [0.25, 0.3) is 0 Å². The summed E-state index contributed by atoms with van der Waals surface area (Å²) in [5.74, 6) is -4.16. The zero-order chi connectivity index (χ0) is 19.2. The van der Waals surface area contributed by atoms with Crippen LogP contribution < -0.4 is 0 Å². The number of aromatic nitrogens is 4. The van der Waals surface area contributed by atoms with Gasteiger partial charge in [0.1, 0.15) is 10.0 Å². The number of hydrogen-bond acceptors (Lipinski definition) is 6. The highest BCUT2D eigenvalue weighted by Gasteiger charge is 2.42. The molecule has 12 heteroatoms. The maximum Gasteiger partial charge on any atom is 0.337 e. The summed E-state index contributed by atoms with van der Waals surface area (Å²) in [6, 6.07) is 5.16. The summed E-state index contributed by atoms with van der Waals surface area (Å²) in [6.45, 7) is 2.03. The van der Waals surface area contributed by atoms with Crippen molar-refractivity contribution >= 4 is 50.1 Å². The van der Waals surface area contributed by atoms with Gasteiger partial charge in [-0.05, 0) is 30.3 Å². The summed E-state index contributed by atoms with van der Waals surface area (Å²) in [6.07, 6.45) is 2.49. The second-order valence-corrected chi connectivity index (χ2v) is 8.25. The number of aromatic amines is 1. The zero-order valence-corrected chi connectivity index (χ0v) is 16.0. The molecule has 1 unspecified atom stereocenters. The molecule has 0 amide bonds. The second kappa shape index (κ2) is 6.77. The molecule has 27 heavy (non-hydrogen) atoms. The molecule has 0 aliphatic carbocycles. The summed E-state index contributed by atoms with van der Waals surface area (Å²) in [4.78, 5) is 0.532. The van der Waals surface area contributed by atoms with E-state index >= 15 is 0 Å². The summed E-state index contributed by atoms with van der Waals surface area (Å²) in [7, 11) is -0.747. The molecule has 1 aromatic carbocycles. The number of rotatable bonds is 4. The lowest BCUT2D eigenvalue weighted by Gasteiger charge is -2.21. The first kappa shape index (κ1) is 18.2. The van der Waals surface area contributed by atoms with Crippen LogP contribution in [0, 0.1) is 0 Å². The van der Waals surface area contributed by atoms with Crippen LogP contribution >= 0.6 is 33.9 Å². The van der Waals surface area contributed by atoms with Crippen LogP contribution in [0.15, 0.2) is 39.3 Å². The summed E-state index contributed by atoms with van der Waals surface area (Å²) >= 11 is 12.5. The molecule has 2 aromatic rings. The molecular weight excluding hydrogens is 419 g/mol. The molecular formula is C15H11Cl2F2N7S. The fourth-order valence-corrected chi connectivity index (χ4v) is 4.61. The van der Waals surface area contributed by atoms with Gasteiger partial charge in [0.2, 0.25) is 5.82 Å². The number of nitrogens with zero attached hydrogens (tertiary/aromatic N) is 6. The van der Waals surface area contributed by atoms with Gasteiger partial charge in [0.25, 0.3) is 0 Å². The normalized spacial score (nSPS) is 19.2. The minimum absolute atomic E-state index is 0.238. The molecule has 3 heterocycles. The molecule has 0 spiro atoms. The van der Waals surface area contributed by atoms with E-state index in [2.05, 4.69) is 30.1 Å². The van der Waals surface area contributed by atoms with Crippen LogP contribution in [0.3, 0.4) is 0 Å². The van der Waals surface area contributed by atoms with Crippen molar-refractivity contribution in [1.82, 2.24) is 25.6 Å². The van der Waals surface area contributed by atoms with E-state index in [9.17, 15) is 8.78 Å². The topological polar surface area (TPSA) is 82.4 Å². The Morgan fingerprint density at radius 3 is 2.67 bits per heavy atom. The number of hydrazone groups is 1. The van der Waals surface area contributed by atoms with Gasteiger partial charge in [0, 0.05) is 32.5 Å². The van der Waals surface area contributed by atoms with Gasteiger partial charge in [-0.25, -0.2) is 4.40 Å². The zero-order valence-electron chi connectivity index (χ0n) is 13.7. The number of hydrogen-bond donors (Lipinski definition) is 1. The molecule has 1 aromatic heterocycles. The maximum absolute atomic E-state index is 14.7. The lowest BCUT2D eigenvalue weighted by atomic mass is 10.1. The van der Waals surface area contributed by atoms with Crippen molar-refractivity contribution in [1.29, 1.82) is 0 Å². The van der Waals surface area contributed by atoms with E-state index in [1.54, 1.807) is 30.1 Å². The highest BCUT2D eigenvalue weighted by atomic mass is 35.5. The van der Waals surface area contributed by atoms with Crippen molar-refractivity contribution < 1.29 is 8.78 Å². The Morgan fingerprint density at radius 2 is 2.00 bits per heavy atom. The predicted octanol–water partition coefficient (Wildman–Crippen LogP) is 3.77. The Balaban J connectivity index is 1.70. The van der Waals surface area contributed by atoms with Gasteiger partial charge in [-0.3, -0.25) is 5.01 Å². The van der Waals surface area contributed by atoms with Gasteiger partial charge in [0.05, 0.1) is 12.1 Å². The molecule has 0 fully saturated rings. The van der Waals surface area contributed by atoms with Gasteiger partial charge in [-0.1, -0.05) is 29.3 Å². The number of benzene rings is 1. The fourth-order valence-electron chi connectivity index (χ4n) is 2.59. The van der Waals surface area contributed by atoms with Crippen LogP contribution in [0.2, 0.25) is 10.0 Å². The first-order valence-electron chi connectivity index (χ1n) is 7.63. The minimum atomic E-state index is -3.44. The molecule has 0 bridgehead atoms. The Labute approximate surface area is 164 Å². The molecule has 2 aliphatic heterocycles. The fraction of sp³-hybridized carbons (Fsp3) is 0.200. The number of alkyl halides is 2. The van der Waals surface area contributed by atoms with Crippen LogP contribution in [0.5, 0.6) is 0 Å².